The summed E-state index contributed by atoms with van der Waals surface area (Å²) >= 11 is 0. The first-order valence-electron chi connectivity index (χ1n) is 8.57. The Bertz CT molecular complexity index is 421. The van der Waals surface area contributed by atoms with E-state index in [0.29, 0.717) is 5.41 Å². The minimum Gasteiger partial charge on any atom is -0.313 e. The van der Waals surface area contributed by atoms with E-state index >= 15 is 0 Å². The van der Waals surface area contributed by atoms with Gasteiger partial charge in [0.2, 0.25) is 0 Å². The zero-order valence-electron chi connectivity index (χ0n) is 13.4. The number of nitrogens with one attached hydrogen (secondary N) is 1. The van der Waals surface area contributed by atoms with Crippen molar-refractivity contribution in [3.8, 4) is 0 Å². The molecule has 3 nitrogen and oxygen atoms in total. The van der Waals surface area contributed by atoms with Crippen molar-refractivity contribution in [2.75, 3.05) is 20.1 Å². The van der Waals surface area contributed by atoms with Crippen molar-refractivity contribution in [1.29, 1.82) is 0 Å². The number of rotatable bonds is 7. The van der Waals surface area contributed by atoms with Crippen LogP contribution in [0.1, 0.15) is 50.5 Å². The van der Waals surface area contributed by atoms with E-state index in [1.54, 1.807) is 0 Å². The second-order valence-electron chi connectivity index (χ2n) is 7.25. The predicted molar refractivity (Wildman–Crippen MR) is 87.1 cm³/mol. The van der Waals surface area contributed by atoms with E-state index in [4.69, 9.17) is 0 Å². The molecule has 1 aromatic heterocycles. The molecule has 1 N–H and O–H groups in total. The topological polar surface area (TPSA) is 28.2 Å². The van der Waals surface area contributed by atoms with Gasteiger partial charge in [0.25, 0.3) is 0 Å². The maximum atomic E-state index is 4.23. The Hall–Kier alpha value is -0.930. The Morgan fingerprint density at radius 1 is 1.29 bits per heavy atom. The maximum absolute atomic E-state index is 4.23. The smallest absolute Gasteiger partial charge is 0.0312 e. The highest BCUT2D eigenvalue weighted by Crippen LogP contribution is 2.37. The first-order chi connectivity index (χ1) is 10.3. The molecule has 21 heavy (non-hydrogen) atoms. The third-order valence-electron chi connectivity index (χ3n) is 5.04. The first-order valence-corrected chi connectivity index (χ1v) is 8.57. The summed E-state index contributed by atoms with van der Waals surface area (Å²) in [6, 6.07) is 5.04. The van der Waals surface area contributed by atoms with Crippen LogP contribution in [-0.4, -0.2) is 36.1 Å². The van der Waals surface area contributed by atoms with Crippen molar-refractivity contribution in [1.82, 2.24) is 15.2 Å². The average molecular weight is 287 g/mol. The summed E-state index contributed by atoms with van der Waals surface area (Å²) in [5.74, 6) is 0. The molecule has 0 bridgehead atoms. The van der Waals surface area contributed by atoms with Crippen molar-refractivity contribution < 1.29 is 0 Å². The maximum Gasteiger partial charge on any atom is 0.0312 e. The van der Waals surface area contributed by atoms with Crippen LogP contribution in [0, 0.1) is 5.41 Å². The second-order valence-corrected chi connectivity index (χ2v) is 7.25. The van der Waals surface area contributed by atoms with Gasteiger partial charge < -0.3 is 10.2 Å². The standard InChI is InChI=1S/C18H29N3/c1-21(13-16-6-5-11-19-12-16)15-18(9-3-2-4-10-18)14-20-17-7-8-17/h5-6,11-12,17,20H,2-4,7-10,13-15H2,1H3. The van der Waals surface area contributed by atoms with Crippen molar-refractivity contribution in [3.05, 3.63) is 30.1 Å². The molecule has 0 aliphatic heterocycles. The highest BCUT2D eigenvalue weighted by molar-refractivity contribution is 5.08. The fourth-order valence-corrected chi connectivity index (χ4v) is 3.77. The fraction of sp³-hybridized carbons (Fsp3) is 0.722. The summed E-state index contributed by atoms with van der Waals surface area (Å²) in [6.45, 7) is 3.44. The molecule has 0 atom stereocenters. The SMILES string of the molecule is CN(Cc1cccnc1)CC1(CNC2CC2)CCCCC1. The summed E-state index contributed by atoms with van der Waals surface area (Å²) in [7, 11) is 2.26. The number of nitrogens with zero attached hydrogens (tertiary/aromatic N) is 2. The molecule has 2 aliphatic carbocycles. The molecule has 3 heteroatoms. The van der Waals surface area contributed by atoms with E-state index in [9.17, 15) is 0 Å². The van der Waals surface area contributed by atoms with Crippen LogP contribution in [0.15, 0.2) is 24.5 Å². The third-order valence-corrected chi connectivity index (χ3v) is 5.04. The minimum absolute atomic E-state index is 0.498. The van der Waals surface area contributed by atoms with Gasteiger partial charge in [-0.05, 0) is 49.8 Å². The summed E-state index contributed by atoms with van der Waals surface area (Å²) in [5.41, 5.74) is 1.82. The molecule has 0 amide bonds. The Morgan fingerprint density at radius 2 is 2.10 bits per heavy atom. The first kappa shape index (κ1) is 15.0. The molecule has 0 saturated heterocycles. The highest BCUT2D eigenvalue weighted by atomic mass is 15.1. The molecule has 3 rings (SSSR count). The van der Waals surface area contributed by atoms with E-state index in [1.165, 1.54) is 63.6 Å². The lowest BCUT2D eigenvalue weighted by Crippen LogP contribution is -2.44. The number of pyridine rings is 1. The van der Waals surface area contributed by atoms with Gasteiger partial charge in [-0.25, -0.2) is 0 Å². The van der Waals surface area contributed by atoms with Gasteiger partial charge in [0.15, 0.2) is 0 Å². The van der Waals surface area contributed by atoms with Crippen molar-refractivity contribution in [2.24, 2.45) is 5.41 Å². The van der Waals surface area contributed by atoms with E-state index in [2.05, 4.69) is 28.3 Å². The van der Waals surface area contributed by atoms with Crippen LogP contribution in [0.2, 0.25) is 0 Å². The molecule has 0 radical (unpaired) electrons. The normalized spacial score (nSPS) is 21.6. The second kappa shape index (κ2) is 6.89. The lowest BCUT2D eigenvalue weighted by molar-refractivity contribution is 0.113. The van der Waals surface area contributed by atoms with Crippen molar-refractivity contribution in [3.63, 3.8) is 0 Å². The molecule has 1 heterocycles. The van der Waals surface area contributed by atoms with Gasteiger partial charge in [0, 0.05) is 38.1 Å². The summed E-state index contributed by atoms with van der Waals surface area (Å²) in [4.78, 5) is 6.73. The molecule has 116 valence electrons. The van der Waals surface area contributed by atoms with Crippen LogP contribution in [0.25, 0.3) is 0 Å². The molecular weight excluding hydrogens is 258 g/mol. The summed E-state index contributed by atoms with van der Waals surface area (Å²) in [5, 5.41) is 3.80. The number of hydrogen-bond donors (Lipinski definition) is 1. The van der Waals surface area contributed by atoms with Gasteiger partial charge in [-0.15, -0.1) is 0 Å². The van der Waals surface area contributed by atoms with Gasteiger partial charge in [-0.2, -0.15) is 0 Å². The zero-order chi connectivity index (χ0) is 14.5. The van der Waals surface area contributed by atoms with Crippen molar-refractivity contribution in [2.45, 2.75) is 57.5 Å². The van der Waals surface area contributed by atoms with Gasteiger partial charge in [-0.3, -0.25) is 4.98 Å². The van der Waals surface area contributed by atoms with Crippen LogP contribution >= 0.6 is 0 Å². The average Bonchev–Trinajstić information content (AvgIpc) is 3.31. The molecular formula is C18H29N3. The molecule has 2 aliphatic rings. The van der Waals surface area contributed by atoms with E-state index in [0.717, 1.165) is 12.6 Å². The molecule has 0 spiro atoms. The Balaban J connectivity index is 1.57. The monoisotopic (exact) mass is 287 g/mol. The van der Waals surface area contributed by atoms with Crippen LogP contribution in [0.3, 0.4) is 0 Å². The molecule has 2 fully saturated rings. The quantitative estimate of drug-likeness (QED) is 0.834. The lowest BCUT2D eigenvalue weighted by atomic mass is 9.73. The van der Waals surface area contributed by atoms with Gasteiger partial charge >= 0.3 is 0 Å². The van der Waals surface area contributed by atoms with Crippen LogP contribution in [0.4, 0.5) is 0 Å². The summed E-state index contributed by atoms with van der Waals surface area (Å²) < 4.78 is 0. The third kappa shape index (κ3) is 4.52. The Labute approximate surface area is 129 Å². The van der Waals surface area contributed by atoms with Gasteiger partial charge in [-0.1, -0.05) is 25.3 Å². The predicted octanol–water partition coefficient (Wildman–Crippen LogP) is 3.22. The van der Waals surface area contributed by atoms with Gasteiger partial charge in [0.1, 0.15) is 0 Å². The van der Waals surface area contributed by atoms with Crippen molar-refractivity contribution >= 4 is 0 Å². The van der Waals surface area contributed by atoms with E-state index in [1.807, 2.05) is 18.5 Å². The fourth-order valence-electron chi connectivity index (χ4n) is 3.77. The number of hydrogen-bond acceptors (Lipinski definition) is 3. The molecule has 1 aromatic rings. The van der Waals surface area contributed by atoms with E-state index in [-0.39, 0.29) is 0 Å². The number of aromatic nitrogens is 1. The van der Waals surface area contributed by atoms with Crippen LogP contribution < -0.4 is 5.32 Å². The van der Waals surface area contributed by atoms with Gasteiger partial charge in [0.05, 0.1) is 0 Å². The lowest BCUT2D eigenvalue weighted by Gasteiger charge is -2.40. The molecule has 0 unspecified atom stereocenters. The van der Waals surface area contributed by atoms with E-state index < -0.39 is 0 Å². The van der Waals surface area contributed by atoms with Crippen LogP contribution in [-0.2, 0) is 6.54 Å². The molecule has 0 aromatic carbocycles. The van der Waals surface area contributed by atoms with Crippen LogP contribution in [0.5, 0.6) is 0 Å². The highest BCUT2D eigenvalue weighted by Gasteiger charge is 2.34. The largest absolute Gasteiger partial charge is 0.313 e. The zero-order valence-corrected chi connectivity index (χ0v) is 13.4. The summed E-state index contributed by atoms with van der Waals surface area (Å²) in [6.07, 6.45) is 13.7. The minimum atomic E-state index is 0.498. The molecule has 2 saturated carbocycles. The Kier molecular flexibility index (Phi) is 4.91. The Morgan fingerprint density at radius 3 is 2.76 bits per heavy atom.